The first-order valence-corrected chi connectivity index (χ1v) is 7.39. The third-order valence-electron chi connectivity index (χ3n) is 3.35. The lowest BCUT2D eigenvalue weighted by molar-refractivity contribution is 0.608. The van der Waals surface area contributed by atoms with E-state index in [1.807, 2.05) is 12.1 Å². The van der Waals surface area contributed by atoms with Gasteiger partial charge in [-0.05, 0) is 37.0 Å². The number of anilines is 1. The van der Waals surface area contributed by atoms with Gasteiger partial charge in [0.15, 0.2) is 0 Å². The molecule has 0 spiro atoms. The van der Waals surface area contributed by atoms with E-state index in [4.69, 9.17) is 11.6 Å². The number of aryl methyl sites for hydroxylation is 2. The van der Waals surface area contributed by atoms with E-state index >= 15 is 0 Å². The van der Waals surface area contributed by atoms with Crippen LogP contribution < -0.4 is 5.32 Å². The normalized spacial score (nSPS) is 10.7. The van der Waals surface area contributed by atoms with Gasteiger partial charge in [-0.2, -0.15) is 0 Å². The standard InChI is InChI=1S/C16H19ClFN3/c1-4-5-13-15(17)20-9-21-16(13)19-8-12-6-10(2)14(18)11(3)7-12/h6-7,9H,4-5,8H2,1-3H3,(H,19,20,21). The Hall–Kier alpha value is -1.68. The average Bonchev–Trinajstić information content (AvgIpc) is 2.45. The Morgan fingerprint density at radius 3 is 2.48 bits per heavy atom. The van der Waals surface area contributed by atoms with E-state index in [0.717, 1.165) is 29.8 Å². The quantitative estimate of drug-likeness (QED) is 0.829. The minimum absolute atomic E-state index is 0.143. The largest absolute Gasteiger partial charge is 0.366 e. The van der Waals surface area contributed by atoms with Gasteiger partial charge in [0, 0.05) is 12.1 Å². The van der Waals surface area contributed by atoms with Crippen molar-refractivity contribution in [2.75, 3.05) is 5.32 Å². The number of rotatable bonds is 5. The van der Waals surface area contributed by atoms with E-state index < -0.39 is 0 Å². The average molecular weight is 308 g/mol. The molecule has 112 valence electrons. The van der Waals surface area contributed by atoms with Crippen molar-refractivity contribution >= 4 is 17.4 Å². The first-order chi connectivity index (χ1) is 10.0. The number of halogens is 2. The van der Waals surface area contributed by atoms with Gasteiger partial charge in [0.05, 0.1) is 0 Å². The first-order valence-electron chi connectivity index (χ1n) is 7.01. The molecule has 0 aliphatic carbocycles. The summed E-state index contributed by atoms with van der Waals surface area (Å²) >= 11 is 6.12. The highest BCUT2D eigenvalue weighted by Gasteiger charge is 2.10. The van der Waals surface area contributed by atoms with Gasteiger partial charge in [0.2, 0.25) is 0 Å². The number of nitrogens with zero attached hydrogens (tertiary/aromatic N) is 2. The zero-order valence-corrected chi connectivity index (χ0v) is 13.3. The van der Waals surface area contributed by atoms with E-state index in [1.54, 1.807) is 13.8 Å². The smallest absolute Gasteiger partial charge is 0.137 e. The molecule has 3 nitrogen and oxygen atoms in total. The predicted octanol–water partition coefficient (Wildman–Crippen LogP) is 4.45. The topological polar surface area (TPSA) is 37.8 Å². The molecule has 0 bridgehead atoms. The maximum Gasteiger partial charge on any atom is 0.137 e. The number of benzene rings is 1. The second-order valence-electron chi connectivity index (χ2n) is 5.14. The summed E-state index contributed by atoms with van der Waals surface area (Å²) < 4.78 is 13.6. The zero-order chi connectivity index (χ0) is 15.4. The van der Waals surface area contributed by atoms with Gasteiger partial charge < -0.3 is 5.32 Å². The Morgan fingerprint density at radius 1 is 1.19 bits per heavy atom. The van der Waals surface area contributed by atoms with Crippen molar-refractivity contribution in [2.45, 2.75) is 40.2 Å². The minimum atomic E-state index is -0.143. The molecule has 21 heavy (non-hydrogen) atoms. The molecule has 5 heteroatoms. The summed E-state index contributed by atoms with van der Waals surface area (Å²) in [6.45, 7) is 6.21. The van der Waals surface area contributed by atoms with Crippen LogP contribution >= 0.6 is 11.6 Å². The molecule has 0 amide bonds. The first kappa shape index (κ1) is 15.7. The summed E-state index contributed by atoms with van der Waals surface area (Å²) in [7, 11) is 0. The number of aromatic nitrogens is 2. The Kier molecular flexibility index (Phi) is 5.12. The van der Waals surface area contributed by atoms with Gasteiger partial charge in [-0.1, -0.05) is 37.1 Å². The monoisotopic (exact) mass is 307 g/mol. The van der Waals surface area contributed by atoms with Gasteiger partial charge in [0.1, 0.15) is 23.1 Å². The van der Waals surface area contributed by atoms with Crippen LogP contribution in [0.5, 0.6) is 0 Å². The maximum absolute atomic E-state index is 13.6. The van der Waals surface area contributed by atoms with E-state index in [1.165, 1.54) is 6.33 Å². The number of hydrogen-bond acceptors (Lipinski definition) is 3. The molecule has 1 aromatic heterocycles. The molecule has 0 aliphatic heterocycles. The second kappa shape index (κ2) is 6.85. The molecule has 1 heterocycles. The number of hydrogen-bond donors (Lipinski definition) is 1. The van der Waals surface area contributed by atoms with Crippen molar-refractivity contribution in [1.29, 1.82) is 0 Å². The fourth-order valence-electron chi connectivity index (χ4n) is 2.34. The highest BCUT2D eigenvalue weighted by molar-refractivity contribution is 6.30. The predicted molar refractivity (Wildman–Crippen MR) is 84.2 cm³/mol. The van der Waals surface area contributed by atoms with Crippen LogP contribution in [-0.2, 0) is 13.0 Å². The molecule has 1 N–H and O–H groups in total. The molecule has 0 aliphatic rings. The highest BCUT2D eigenvalue weighted by atomic mass is 35.5. The molecular formula is C16H19ClFN3. The molecule has 0 saturated carbocycles. The Balaban J connectivity index is 2.19. The van der Waals surface area contributed by atoms with E-state index in [-0.39, 0.29) is 5.82 Å². The van der Waals surface area contributed by atoms with Crippen molar-refractivity contribution < 1.29 is 4.39 Å². The Labute approximate surface area is 129 Å². The van der Waals surface area contributed by atoms with E-state index in [2.05, 4.69) is 22.2 Å². The van der Waals surface area contributed by atoms with Crippen molar-refractivity contribution in [2.24, 2.45) is 0 Å². The van der Waals surface area contributed by atoms with Crippen molar-refractivity contribution in [1.82, 2.24) is 9.97 Å². The zero-order valence-electron chi connectivity index (χ0n) is 12.5. The van der Waals surface area contributed by atoms with Gasteiger partial charge in [-0.25, -0.2) is 14.4 Å². The van der Waals surface area contributed by atoms with Gasteiger partial charge in [0.25, 0.3) is 0 Å². The summed E-state index contributed by atoms with van der Waals surface area (Å²) in [5.74, 6) is 0.604. The van der Waals surface area contributed by atoms with Crippen LogP contribution in [0.1, 0.15) is 35.6 Å². The van der Waals surface area contributed by atoms with Crippen LogP contribution in [0.3, 0.4) is 0 Å². The minimum Gasteiger partial charge on any atom is -0.366 e. The van der Waals surface area contributed by atoms with Crippen molar-refractivity contribution in [3.05, 3.63) is 51.7 Å². The third-order valence-corrected chi connectivity index (χ3v) is 3.67. The highest BCUT2D eigenvalue weighted by Crippen LogP contribution is 2.22. The van der Waals surface area contributed by atoms with Gasteiger partial charge in [-0.15, -0.1) is 0 Å². The molecule has 0 radical (unpaired) electrons. The van der Waals surface area contributed by atoms with Crippen LogP contribution in [0.25, 0.3) is 0 Å². The van der Waals surface area contributed by atoms with Crippen LogP contribution in [0, 0.1) is 19.7 Å². The molecule has 0 saturated heterocycles. The molecule has 1 aromatic carbocycles. The second-order valence-corrected chi connectivity index (χ2v) is 5.50. The summed E-state index contributed by atoms with van der Waals surface area (Å²) in [4.78, 5) is 8.27. The number of nitrogens with one attached hydrogen (secondary N) is 1. The van der Waals surface area contributed by atoms with Crippen LogP contribution in [0.2, 0.25) is 5.15 Å². The lowest BCUT2D eigenvalue weighted by atomic mass is 10.1. The third kappa shape index (κ3) is 3.70. The molecule has 0 unspecified atom stereocenters. The molecule has 2 aromatic rings. The Morgan fingerprint density at radius 2 is 1.86 bits per heavy atom. The SMILES string of the molecule is CCCc1c(Cl)ncnc1NCc1cc(C)c(F)c(C)c1. The van der Waals surface area contributed by atoms with E-state index in [0.29, 0.717) is 22.8 Å². The van der Waals surface area contributed by atoms with Gasteiger partial charge in [-0.3, -0.25) is 0 Å². The van der Waals surface area contributed by atoms with Crippen LogP contribution in [0.4, 0.5) is 10.2 Å². The Bertz CT molecular complexity index is 620. The molecule has 2 rings (SSSR count). The van der Waals surface area contributed by atoms with E-state index in [9.17, 15) is 4.39 Å². The van der Waals surface area contributed by atoms with Crippen molar-refractivity contribution in [3.8, 4) is 0 Å². The fourth-order valence-corrected chi connectivity index (χ4v) is 2.57. The summed E-state index contributed by atoms with van der Waals surface area (Å²) in [5.41, 5.74) is 3.25. The van der Waals surface area contributed by atoms with Crippen LogP contribution in [0.15, 0.2) is 18.5 Å². The molecule has 0 fully saturated rings. The molecular weight excluding hydrogens is 289 g/mol. The maximum atomic E-state index is 13.6. The molecule has 0 atom stereocenters. The lowest BCUT2D eigenvalue weighted by Gasteiger charge is -2.12. The van der Waals surface area contributed by atoms with Crippen LogP contribution in [-0.4, -0.2) is 9.97 Å². The summed E-state index contributed by atoms with van der Waals surface area (Å²) in [6.07, 6.45) is 3.24. The summed E-state index contributed by atoms with van der Waals surface area (Å²) in [5, 5.41) is 3.76. The van der Waals surface area contributed by atoms with Gasteiger partial charge >= 0.3 is 0 Å². The lowest BCUT2D eigenvalue weighted by Crippen LogP contribution is -2.07. The van der Waals surface area contributed by atoms with Crippen molar-refractivity contribution in [3.63, 3.8) is 0 Å². The summed E-state index contributed by atoms with van der Waals surface area (Å²) in [6, 6.07) is 3.69. The fraction of sp³-hybridized carbons (Fsp3) is 0.375.